The van der Waals surface area contributed by atoms with Gasteiger partial charge in [0, 0.05) is 12.8 Å². The fraction of sp³-hybridized carbons (Fsp3) is 0.862. The van der Waals surface area contributed by atoms with Crippen molar-refractivity contribution in [2.45, 2.75) is 309 Å². The van der Waals surface area contributed by atoms with Crippen molar-refractivity contribution in [3.63, 3.8) is 0 Å². The molecule has 0 heterocycles. The number of rotatable bonds is 52. The van der Waals surface area contributed by atoms with E-state index >= 15 is 0 Å². The lowest BCUT2D eigenvalue weighted by Gasteiger charge is -2.19. The van der Waals surface area contributed by atoms with Crippen LogP contribution in [0.5, 0.6) is 0 Å². The summed E-state index contributed by atoms with van der Waals surface area (Å²) in [5.74, 6) is -0.115. The van der Waals surface area contributed by atoms with Gasteiger partial charge in [0.1, 0.15) is 0 Å². The number of nitrogens with one attached hydrogen (secondary N) is 1. The molecule has 376 valence electrons. The average Bonchev–Trinajstić information content (AvgIpc) is 3.29. The van der Waals surface area contributed by atoms with Crippen molar-refractivity contribution in [1.29, 1.82) is 0 Å². The van der Waals surface area contributed by atoms with Crippen molar-refractivity contribution >= 4 is 11.9 Å². The predicted molar refractivity (Wildman–Crippen MR) is 278 cm³/mol. The first kappa shape index (κ1) is 62.1. The van der Waals surface area contributed by atoms with Crippen LogP contribution in [0.15, 0.2) is 36.5 Å². The highest BCUT2D eigenvalue weighted by Crippen LogP contribution is 2.16. The highest BCUT2D eigenvalue weighted by atomic mass is 16.5. The smallest absolute Gasteiger partial charge is 0.305 e. The van der Waals surface area contributed by atoms with Gasteiger partial charge in [-0.3, -0.25) is 9.59 Å². The van der Waals surface area contributed by atoms with E-state index in [2.05, 4.69) is 43.5 Å². The van der Waals surface area contributed by atoms with Crippen LogP contribution < -0.4 is 5.32 Å². The lowest BCUT2D eigenvalue weighted by molar-refractivity contribution is -0.143. The maximum absolute atomic E-state index is 12.4. The molecule has 0 aromatic heterocycles. The Hall–Kier alpha value is -1.92. The highest BCUT2D eigenvalue weighted by molar-refractivity contribution is 5.76. The molecular weight excluding hydrogens is 791 g/mol. The molecule has 0 aliphatic rings. The van der Waals surface area contributed by atoms with E-state index in [1.165, 1.54) is 199 Å². The summed E-state index contributed by atoms with van der Waals surface area (Å²) in [4.78, 5) is 24.5. The molecular formula is C58H109NO5. The largest absolute Gasteiger partial charge is 0.466 e. The minimum atomic E-state index is -0.862. The van der Waals surface area contributed by atoms with E-state index in [1.807, 2.05) is 6.08 Å². The number of aliphatic hydroxyl groups excluding tert-OH is 2. The van der Waals surface area contributed by atoms with Gasteiger partial charge in [-0.1, -0.05) is 237 Å². The average molecular weight is 901 g/mol. The third-order valence-corrected chi connectivity index (χ3v) is 12.9. The summed E-state index contributed by atoms with van der Waals surface area (Å²) in [6, 6.07) is -0.649. The number of ether oxygens (including phenoxy) is 1. The van der Waals surface area contributed by atoms with Gasteiger partial charge in [0.2, 0.25) is 5.91 Å². The molecule has 0 rings (SSSR count). The molecule has 0 saturated carbocycles. The first-order valence-corrected chi connectivity index (χ1v) is 28.3. The topological polar surface area (TPSA) is 95.9 Å². The van der Waals surface area contributed by atoms with Gasteiger partial charge in [0.05, 0.1) is 25.4 Å². The van der Waals surface area contributed by atoms with Crippen LogP contribution in [-0.4, -0.2) is 47.4 Å². The second-order valence-electron chi connectivity index (χ2n) is 19.3. The SMILES string of the molecule is CCCCCCCC/C=C\CCCCCCCCCC(=O)OCCCCCCCC/C=C\CCCCCC(=O)NC(CO)C(O)/C=C/CCCCCCCCCCCCCCCCC. The van der Waals surface area contributed by atoms with Gasteiger partial charge in [0.25, 0.3) is 0 Å². The minimum absolute atomic E-state index is 0.0175. The Morgan fingerprint density at radius 3 is 1.12 bits per heavy atom. The van der Waals surface area contributed by atoms with Crippen LogP contribution in [0, 0.1) is 0 Å². The number of unbranched alkanes of at least 4 members (excludes halogenated alkanes) is 37. The van der Waals surface area contributed by atoms with Gasteiger partial charge in [-0.15, -0.1) is 0 Å². The number of allylic oxidation sites excluding steroid dienone is 5. The third-order valence-electron chi connectivity index (χ3n) is 12.9. The van der Waals surface area contributed by atoms with Crippen molar-refractivity contribution in [3.05, 3.63) is 36.5 Å². The summed E-state index contributed by atoms with van der Waals surface area (Å²) in [5.41, 5.74) is 0. The third kappa shape index (κ3) is 49.5. The van der Waals surface area contributed by atoms with E-state index in [-0.39, 0.29) is 18.5 Å². The molecule has 64 heavy (non-hydrogen) atoms. The van der Waals surface area contributed by atoms with Gasteiger partial charge in [0.15, 0.2) is 0 Å². The molecule has 6 heteroatoms. The summed E-state index contributed by atoms with van der Waals surface area (Å²) in [6.45, 7) is 4.86. The molecule has 0 spiro atoms. The number of esters is 1. The fourth-order valence-corrected chi connectivity index (χ4v) is 8.50. The van der Waals surface area contributed by atoms with Crippen LogP contribution in [0.25, 0.3) is 0 Å². The lowest BCUT2D eigenvalue weighted by atomic mass is 10.0. The van der Waals surface area contributed by atoms with Crippen molar-refractivity contribution in [1.82, 2.24) is 5.32 Å². The Morgan fingerprint density at radius 1 is 0.422 bits per heavy atom. The number of carbonyl (C=O) groups is 2. The predicted octanol–water partition coefficient (Wildman–Crippen LogP) is 17.2. The van der Waals surface area contributed by atoms with E-state index in [4.69, 9.17) is 4.74 Å². The maximum atomic E-state index is 12.4. The summed E-state index contributed by atoms with van der Waals surface area (Å²) in [7, 11) is 0. The van der Waals surface area contributed by atoms with E-state index < -0.39 is 12.1 Å². The Bertz CT molecular complexity index is 1040. The number of hydrogen-bond donors (Lipinski definition) is 3. The summed E-state index contributed by atoms with van der Waals surface area (Å²) >= 11 is 0. The van der Waals surface area contributed by atoms with E-state index in [0.717, 1.165) is 70.6 Å². The number of hydrogen-bond acceptors (Lipinski definition) is 5. The minimum Gasteiger partial charge on any atom is -0.466 e. The van der Waals surface area contributed by atoms with Crippen molar-refractivity contribution in [3.8, 4) is 0 Å². The molecule has 3 N–H and O–H groups in total. The molecule has 2 atom stereocenters. The first-order chi connectivity index (χ1) is 31.5. The normalized spacial score (nSPS) is 12.9. The zero-order valence-corrected chi connectivity index (χ0v) is 42.8. The zero-order valence-electron chi connectivity index (χ0n) is 42.8. The number of carbonyl (C=O) groups excluding carboxylic acids is 2. The van der Waals surface area contributed by atoms with E-state index in [9.17, 15) is 19.8 Å². The van der Waals surface area contributed by atoms with Gasteiger partial charge in [-0.05, 0) is 83.5 Å². The standard InChI is InChI=1S/C58H109NO5/c1-3-5-7-9-11-13-15-17-19-21-23-26-30-34-38-42-46-50-56(61)55(54-60)59-57(62)51-47-43-39-35-31-27-25-29-33-37-41-45-49-53-64-58(63)52-48-44-40-36-32-28-24-22-20-18-16-14-12-10-8-6-4-2/h18,20,27,31,46,50,55-56,60-61H,3-17,19,21-26,28-30,32-45,47-49,51-54H2,1-2H3,(H,59,62)/b20-18-,31-27-,50-46+. The molecule has 0 aliphatic carbocycles. The molecule has 0 aromatic carbocycles. The molecule has 2 unspecified atom stereocenters. The zero-order chi connectivity index (χ0) is 46.5. The van der Waals surface area contributed by atoms with Gasteiger partial charge in [-0.25, -0.2) is 0 Å². The molecule has 1 amide bonds. The fourth-order valence-electron chi connectivity index (χ4n) is 8.50. The summed E-state index contributed by atoms with van der Waals surface area (Å²) in [6.07, 6.45) is 65.8. The summed E-state index contributed by atoms with van der Waals surface area (Å²) in [5, 5.41) is 23.1. The van der Waals surface area contributed by atoms with Gasteiger partial charge >= 0.3 is 5.97 Å². The Morgan fingerprint density at radius 2 is 0.734 bits per heavy atom. The monoisotopic (exact) mass is 900 g/mol. The number of aliphatic hydroxyl groups is 2. The van der Waals surface area contributed by atoms with E-state index in [0.29, 0.717) is 19.4 Å². The second-order valence-corrected chi connectivity index (χ2v) is 19.3. The van der Waals surface area contributed by atoms with Gasteiger partial charge in [-0.2, -0.15) is 0 Å². The maximum Gasteiger partial charge on any atom is 0.305 e. The molecule has 0 aromatic rings. The van der Waals surface area contributed by atoms with Crippen molar-refractivity contribution in [2.75, 3.05) is 13.2 Å². The second kappa shape index (κ2) is 53.7. The van der Waals surface area contributed by atoms with Crippen LogP contribution in [0.3, 0.4) is 0 Å². The van der Waals surface area contributed by atoms with Crippen molar-refractivity contribution < 1.29 is 24.5 Å². The Kier molecular flexibility index (Phi) is 52.1. The van der Waals surface area contributed by atoms with Crippen molar-refractivity contribution in [2.24, 2.45) is 0 Å². The summed E-state index contributed by atoms with van der Waals surface area (Å²) < 4.78 is 5.47. The molecule has 6 nitrogen and oxygen atoms in total. The Balaban J connectivity index is 3.52. The highest BCUT2D eigenvalue weighted by Gasteiger charge is 2.18. The molecule has 0 saturated heterocycles. The molecule has 0 radical (unpaired) electrons. The lowest BCUT2D eigenvalue weighted by Crippen LogP contribution is -2.45. The molecule has 0 aliphatic heterocycles. The van der Waals surface area contributed by atoms with Crippen LogP contribution in [0.2, 0.25) is 0 Å². The molecule has 0 bridgehead atoms. The van der Waals surface area contributed by atoms with Crippen LogP contribution in [0.4, 0.5) is 0 Å². The van der Waals surface area contributed by atoms with Crippen LogP contribution >= 0.6 is 0 Å². The Labute approximate surface area is 398 Å². The quantitative estimate of drug-likeness (QED) is 0.0321. The first-order valence-electron chi connectivity index (χ1n) is 28.3. The number of amides is 1. The van der Waals surface area contributed by atoms with Crippen LogP contribution in [0.1, 0.15) is 296 Å². The van der Waals surface area contributed by atoms with Crippen LogP contribution in [-0.2, 0) is 14.3 Å². The molecule has 0 fully saturated rings. The van der Waals surface area contributed by atoms with E-state index in [1.54, 1.807) is 6.08 Å². The van der Waals surface area contributed by atoms with Gasteiger partial charge < -0.3 is 20.3 Å².